The molecule has 0 spiro atoms. The summed E-state index contributed by atoms with van der Waals surface area (Å²) in [6.07, 6.45) is 9.38. The highest BCUT2D eigenvalue weighted by atomic mass is 16.2. The van der Waals surface area contributed by atoms with Crippen LogP contribution in [0.1, 0.15) is 30.0 Å². The van der Waals surface area contributed by atoms with Crippen molar-refractivity contribution in [3.8, 4) is 0 Å². The van der Waals surface area contributed by atoms with Gasteiger partial charge in [0.15, 0.2) is 0 Å². The lowest BCUT2D eigenvalue weighted by Crippen LogP contribution is -2.62. The van der Waals surface area contributed by atoms with E-state index in [-0.39, 0.29) is 30.9 Å². The van der Waals surface area contributed by atoms with E-state index in [9.17, 15) is 14.4 Å². The van der Waals surface area contributed by atoms with Crippen molar-refractivity contribution in [1.29, 1.82) is 0 Å². The van der Waals surface area contributed by atoms with Crippen LogP contribution in [0.3, 0.4) is 0 Å². The largest absolute Gasteiger partial charge is 0.344 e. The summed E-state index contributed by atoms with van der Waals surface area (Å²) in [5.74, 6) is -0.331. The first-order chi connectivity index (χ1) is 19.0. The summed E-state index contributed by atoms with van der Waals surface area (Å²) in [5, 5.41) is 6.20. The molecule has 3 heterocycles. The quantitative estimate of drug-likeness (QED) is 0.515. The number of H-pyrrole nitrogens is 1. The first kappa shape index (κ1) is 24.9. The molecule has 4 amide bonds. The van der Waals surface area contributed by atoms with E-state index in [2.05, 4.69) is 27.4 Å². The molecule has 10 nitrogen and oxygen atoms in total. The lowest BCUT2D eigenvalue weighted by atomic mass is 10.00. The van der Waals surface area contributed by atoms with Gasteiger partial charge >= 0.3 is 6.03 Å². The molecule has 6 rings (SSSR count). The van der Waals surface area contributed by atoms with E-state index in [0.717, 1.165) is 40.6 Å². The Morgan fingerprint density at radius 3 is 2.77 bits per heavy atom. The Balaban J connectivity index is 1.28. The molecular formula is C29H31N7O3. The molecule has 2 fully saturated rings. The number of para-hydroxylation sites is 1. The van der Waals surface area contributed by atoms with Gasteiger partial charge in [-0.3, -0.25) is 14.6 Å². The van der Waals surface area contributed by atoms with Crippen LogP contribution in [0.4, 0.5) is 4.79 Å². The van der Waals surface area contributed by atoms with E-state index in [1.54, 1.807) is 28.2 Å². The van der Waals surface area contributed by atoms with Crippen LogP contribution < -0.4 is 5.32 Å². The number of aromatic amines is 1. The van der Waals surface area contributed by atoms with Crippen molar-refractivity contribution in [1.82, 2.24) is 35.1 Å². The Hall–Kier alpha value is -4.44. The fourth-order valence-corrected chi connectivity index (χ4v) is 5.67. The molecule has 10 heteroatoms. The molecule has 2 aromatic carbocycles. The van der Waals surface area contributed by atoms with Crippen molar-refractivity contribution in [2.24, 2.45) is 0 Å². The van der Waals surface area contributed by atoms with Gasteiger partial charge in [-0.2, -0.15) is 5.01 Å². The number of imidazole rings is 1. The number of hydrogen-bond donors (Lipinski definition) is 2. The maximum absolute atomic E-state index is 14.0. The molecule has 1 aromatic heterocycles. The fraction of sp³-hybridized carbons (Fsp3) is 0.310. The number of aromatic nitrogens is 2. The van der Waals surface area contributed by atoms with Gasteiger partial charge in [0.25, 0.3) is 5.91 Å². The number of allylic oxidation sites excluding steroid dienone is 2. The number of hydrogen-bond acceptors (Lipinski definition) is 5. The summed E-state index contributed by atoms with van der Waals surface area (Å²) in [6.45, 7) is 1.05. The third-order valence-electron chi connectivity index (χ3n) is 7.67. The molecule has 0 bridgehead atoms. The monoisotopic (exact) mass is 525 g/mol. The zero-order valence-electron chi connectivity index (χ0n) is 21.8. The van der Waals surface area contributed by atoms with E-state index in [1.165, 1.54) is 5.01 Å². The zero-order chi connectivity index (χ0) is 26.9. The minimum Gasteiger partial charge on any atom is -0.344 e. The SMILES string of the molecule is CN(C(=O)NCC1=CCCC=C1)N1CC(=O)N2[C@@H](c3ccccc3)C(=O)N(Cc3cccc4nc[nH]c34)C[C@@H]21. The molecule has 3 aliphatic rings. The minimum atomic E-state index is -0.780. The standard InChI is InChI=1S/C29H31N7O3/c1-33(29(39)30-15-20-9-4-2-5-10-20)35-18-25(37)36-24(35)17-34(28(38)27(36)21-11-6-3-7-12-21)16-22-13-8-14-23-26(22)32-19-31-23/h3-4,6-14,19,24,27H,2,5,15-18H2,1H3,(H,30,39)(H,31,32)/t24-,27+/m1/s1. The maximum Gasteiger partial charge on any atom is 0.332 e. The third kappa shape index (κ3) is 4.67. The predicted octanol–water partition coefficient (Wildman–Crippen LogP) is 2.95. The van der Waals surface area contributed by atoms with Crippen molar-refractivity contribution in [3.63, 3.8) is 0 Å². The summed E-state index contributed by atoms with van der Waals surface area (Å²) in [5.41, 5.74) is 4.46. The number of fused-ring (bicyclic) bond motifs is 2. The number of urea groups is 1. The second kappa shape index (κ2) is 10.4. The average molecular weight is 526 g/mol. The second-order valence-corrected chi connectivity index (χ2v) is 10.1. The topological polar surface area (TPSA) is 105 Å². The summed E-state index contributed by atoms with van der Waals surface area (Å²) < 4.78 is 0. The van der Waals surface area contributed by atoms with Crippen LogP contribution in [0.5, 0.6) is 0 Å². The molecule has 2 aliphatic heterocycles. The van der Waals surface area contributed by atoms with Crippen LogP contribution in [0.15, 0.2) is 78.7 Å². The molecule has 39 heavy (non-hydrogen) atoms. The number of carbonyl (C=O) groups excluding carboxylic acids is 3. The lowest BCUT2D eigenvalue weighted by molar-refractivity contribution is -0.157. The van der Waals surface area contributed by atoms with Gasteiger partial charge in [0, 0.05) is 20.1 Å². The first-order valence-electron chi connectivity index (χ1n) is 13.2. The van der Waals surface area contributed by atoms with Gasteiger partial charge in [0.1, 0.15) is 12.2 Å². The summed E-state index contributed by atoms with van der Waals surface area (Å²) in [4.78, 5) is 51.5. The fourth-order valence-electron chi connectivity index (χ4n) is 5.67. The van der Waals surface area contributed by atoms with Gasteiger partial charge in [-0.05, 0) is 35.6 Å². The third-order valence-corrected chi connectivity index (χ3v) is 7.67. The Morgan fingerprint density at radius 2 is 1.97 bits per heavy atom. The van der Waals surface area contributed by atoms with Gasteiger partial charge < -0.3 is 20.1 Å². The van der Waals surface area contributed by atoms with Gasteiger partial charge in [-0.25, -0.2) is 9.78 Å². The molecule has 1 aliphatic carbocycles. The highest BCUT2D eigenvalue weighted by Gasteiger charge is 2.52. The van der Waals surface area contributed by atoms with Crippen LogP contribution in [-0.4, -0.2) is 80.5 Å². The second-order valence-electron chi connectivity index (χ2n) is 10.1. The van der Waals surface area contributed by atoms with E-state index in [0.29, 0.717) is 13.1 Å². The highest BCUT2D eigenvalue weighted by molar-refractivity contribution is 5.92. The maximum atomic E-state index is 14.0. The van der Waals surface area contributed by atoms with E-state index >= 15 is 0 Å². The molecule has 2 atom stereocenters. The lowest BCUT2D eigenvalue weighted by Gasteiger charge is -2.45. The molecule has 2 N–H and O–H groups in total. The summed E-state index contributed by atoms with van der Waals surface area (Å²) in [6, 6.07) is 14.1. The molecule has 0 unspecified atom stereocenters. The van der Waals surface area contributed by atoms with Gasteiger partial charge in [-0.1, -0.05) is 60.7 Å². The van der Waals surface area contributed by atoms with Crippen LogP contribution in [0.2, 0.25) is 0 Å². The number of rotatable bonds is 6. The molecule has 0 radical (unpaired) electrons. The summed E-state index contributed by atoms with van der Waals surface area (Å²) >= 11 is 0. The van der Waals surface area contributed by atoms with Crippen LogP contribution in [-0.2, 0) is 16.1 Å². The number of benzene rings is 2. The Morgan fingerprint density at radius 1 is 1.13 bits per heavy atom. The van der Waals surface area contributed by atoms with Crippen LogP contribution >= 0.6 is 0 Å². The molecular weight excluding hydrogens is 494 g/mol. The number of amides is 4. The smallest absolute Gasteiger partial charge is 0.332 e. The number of piperazine rings is 1. The van der Waals surface area contributed by atoms with Gasteiger partial charge in [0.2, 0.25) is 5.91 Å². The predicted molar refractivity (Wildman–Crippen MR) is 146 cm³/mol. The Labute approximate surface area is 226 Å². The van der Waals surface area contributed by atoms with Crippen molar-refractivity contribution in [3.05, 3.63) is 89.8 Å². The highest BCUT2D eigenvalue weighted by Crippen LogP contribution is 2.36. The molecule has 0 saturated carbocycles. The van der Waals surface area contributed by atoms with Crippen LogP contribution in [0, 0.1) is 0 Å². The van der Waals surface area contributed by atoms with Crippen molar-refractivity contribution in [2.45, 2.75) is 31.6 Å². The van der Waals surface area contributed by atoms with E-state index in [1.807, 2.05) is 54.6 Å². The molecule has 3 aromatic rings. The number of nitrogens with zero attached hydrogens (tertiary/aromatic N) is 5. The van der Waals surface area contributed by atoms with Crippen molar-refractivity contribution < 1.29 is 14.4 Å². The van der Waals surface area contributed by atoms with Gasteiger partial charge in [0.05, 0.1) is 30.5 Å². The number of hydrazine groups is 1. The molecule has 200 valence electrons. The number of nitrogens with one attached hydrogen (secondary N) is 2. The van der Waals surface area contributed by atoms with Crippen LogP contribution in [0.25, 0.3) is 11.0 Å². The normalized spacial score (nSPS) is 21.3. The van der Waals surface area contributed by atoms with E-state index in [4.69, 9.17) is 0 Å². The average Bonchev–Trinajstić information content (AvgIpc) is 3.58. The zero-order valence-corrected chi connectivity index (χ0v) is 21.8. The number of carbonyl (C=O) groups is 3. The van der Waals surface area contributed by atoms with Gasteiger partial charge in [-0.15, -0.1) is 0 Å². The summed E-state index contributed by atoms with van der Waals surface area (Å²) in [7, 11) is 1.67. The first-order valence-corrected chi connectivity index (χ1v) is 13.2. The Bertz CT molecular complexity index is 1460. The van der Waals surface area contributed by atoms with E-state index < -0.39 is 12.2 Å². The van der Waals surface area contributed by atoms with Crippen molar-refractivity contribution in [2.75, 3.05) is 26.7 Å². The van der Waals surface area contributed by atoms with Crippen molar-refractivity contribution >= 4 is 28.9 Å². The Kier molecular flexibility index (Phi) is 6.62. The minimum absolute atomic E-state index is 0.0117. The molecule has 2 saturated heterocycles.